The summed E-state index contributed by atoms with van der Waals surface area (Å²) in [5, 5.41) is 4.69. The number of aryl methyl sites for hydroxylation is 1. The van der Waals surface area contributed by atoms with E-state index in [2.05, 4.69) is 54.1 Å². The zero-order chi connectivity index (χ0) is 22.4. The lowest BCUT2D eigenvalue weighted by molar-refractivity contribution is 0.319. The van der Waals surface area contributed by atoms with Crippen LogP contribution in [0.5, 0.6) is 5.75 Å². The topological polar surface area (TPSA) is 27.7 Å². The van der Waals surface area contributed by atoms with Gasteiger partial charge in [0, 0.05) is 36.4 Å². The van der Waals surface area contributed by atoms with Gasteiger partial charge in [0.25, 0.3) is 0 Å². The predicted molar refractivity (Wildman–Crippen MR) is 137 cm³/mol. The lowest BCUT2D eigenvalue weighted by Crippen LogP contribution is -2.40. The number of ether oxygens (including phenoxy) is 1. The van der Waals surface area contributed by atoms with Crippen LogP contribution in [0.3, 0.4) is 0 Å². The first kappa shape index (κ1) is 23.7. The van der Waals surface area contributed by atoms with Crippen LogP contribution in [-0.2, 0) is 13.0 Å². The van der Waals surface area contributed by atoms with Gasteiger partial charge >= 0.3 is 0 Å². The number of methoxy groups -OCH3 is 1. The van der Waals surface area contributed by atoms with Gasteiger partial charge in [-0.2, -0.15) is 0 Å². The van der Waals surface area contributed by atoms with E-state index in [4.69, 9.17) is 28.6 Å². The van der Waals surface area contributed by atoms with Crippen LogP contribution < -0.4 is 15.0 Å². The summed E-state index contributed by atoms with van der Waals surface area (Å²) in [4.78, 5) is 4.77. The maximum absolute atomic E-state index is 6.20. The third kappa shape index (κ3) is 5.83. The number of hydrogen-bond donors (Lipinski definition) is 1. The molecule has 0 radical (unpaired) electrons. The highest BCUT2D eigenvalue weighted by Gasteiger charge is 2.20. The smallest absolute Gasteiger partial charge is 0.174 e. The fourth-order valence-electron chi connectivity index (χ4n) is 4.14. The molecule has 0 saturated carbocycles. The standard InChI is InChI=1S/C25H34ClN3OS/c1-5-13-28-14-7-8-20-15-19(9-11-23(20)28)17-29(18(3)6-2)25(31)27-22-16-21(26)10-12-24(22)30-4/h9-12,15-16,18H,5-8,13-14,17H2,1-4H3,(H,27,31)/t18-/m0/s1. The van der Waals surface area contributed by atoms with Crippen molar-refractivity contribution in [2.45, 2.75) is 59.0 Å². The fourth-order valence-corrected chi connectivity index (χ4v) is 4.67. The Morgan fingerprint density at radius 1 is 1.26 bits per heavy atom. The van der Waals surface area contributed by atoms with E-state index in [9.17, 15) is 0 Å². The normalized spacial score (nSPS) is 14.0. The van der Waals surface area contributed by atoms with Gasteiger partial charge in [0.1, 0.15) is 5.75 Å². The summed E-state index contributed by atoms with van der Waals surface area (Å²) in [5.74, 6) is 0.723. The first-order chi connectivity index (χ1) is 15.0. The summed E-state index contributed by atoms with van der Waals surface area (Å²) in [6.45, 7) is 9.70. The zero-order valence-electron chi connectivity index (χ0n) is 19.1. The second-order valence-corrected chi connectivity index (χ2v) is 9.04. The molecule has 1 aliphatic heterocycles. The van der Waals surface area contributed by atoms with Crippen LogP contribution >= 0.6 is 23.8 Å². The molecular weight excluding hydrogens is 426 g/mol. The van der Waals surface area contributed by atoms with E-state index in [0.29, 0.717) is 16.2 Å². The third-order valence-corrected chi connectivity index (χ3v) is 6.56. The van der Waals surface area contributed by atoms with Crippen molar-refractivity contribution >= 4 is 40.3 Å². The van der Waals surface area contributed by atoms with Gasteiger partial charge in [0.15, 0.2) is 5.11 Å². The second-order valence-electron chi connectivity index (χ2n) is 8.21. The lowest BCUT2D eigenvalue weighted by Gasteiger charge is -2.34. The van der Waals surface area contributed by atoms with E-state index in [-0.39, 0.29) is 0 Å². The summed E-state index contributed by atoms with van der Waals surface area (Å²) >= 11 is 12.0. The van der Waals surface area contributed by atoms with Gasteiger partial charge < -0.3 is 19.9 Å². The Hall–Kier alpha value is -1.98. The molecule has 4 nitrogen and oxygen atoms in total. The van der Waals surface area contributed by atoms with E-state index in [1.807, 2.05) is 18.2 Å². The molecule has 1 N–H and O–H groups in total. The number of nitrogens with zero attached hydrogens (tertiary/aromatic N) is 2. The highest BCUT2D eigenvalue weighted by atomic mass is 35.5. The van der Waals surface area contributed by atoms with Gasteiger partial charge in [-0.15, -0.1) is 0 Å². The number of rotatable bonds is 8. The molecule has 0 spiro atoms. The van der Waals surface area contributed by atoms with Crippen molar-refractivity contribution in [3.63, 3.8) is 0 Å². The fraction of sp³-hybridized carbons (Fsp3) is 0.480. The van der Waals surface area contributed by atoms with Crippen LogP contribution in [0.15, 0.2) is 36.4 Å². The number of hydrogen-bond acceptors (Lipinski definition) is 3. The molecule has 1 atom stereocenters. The maximum Gasteiger partial charge on any atom is 0.174 e. The number of fused-ring (bicyclic) bond motifs is 1. The number of halogens is 1. The molecule has 1 aliphatic rings. The molecule has 0 bridgehead atoms. The van der Waals surface area contributed by atoms with Gasteiger partial charge in [-0.1, -0.05) is 37.6 Å². The van der Waals surface area contributed by atoms with Crippen LogP contribution in [0.1, 0.15) is 51.2 Å². The summed E-state index contributed by atoms with van der Waals surface area (Å²) < 4.78 is 5.47. The predicted octanol–water partition coefficient (Wildman–Crippen LogP) is 6.51. The van der Waals surface area contributed by atoms with Gasteiger partial charge in [-0.3, -0.25) is 0 Å². The molecule has 0 unspecified atom stereocenters. The first-order valence-corrected chi connectivity index (χ1v) is 12.0. The molecule has 168 valence electrons. The Balaban J connectivity index is 1.81. The molecule has 0 amide bonds. The minimum atomic E-state index is 0.304. The van der Waals surface area contributed by atoms with E-state index in [1.165, 1.54) is 29.7 Å². The van der Waals surface area contributed by atoms with Crippen molar-refractivity contribution < 1.29 is 4.74 Å². The molecule has 31 heavy (non-hydrogen) atoms. The van der Waals surface area contributed by atoms with Crippen molar-refractivity contribution in [3.05, 3.63) is 52.5 Å². The largest absolute Gasteiger partial charge is 0.495 e. The lowest BCUT2D eigenvalue weighted by atomic mass is 9.98. The molecule has 1 heterocycles. The highest BCUT2D eigenvalue weighted by molar-refractivity contribution is 7.80. The molecule has 0 saturated heterocycles. The molecular formula is C25H34ClN3OS. The van der Waals surface area contributed by atoms with E-state index < -0.39 is 0 Å². The number of benzene rings is 2. The minimum Gasteiger partial charge on any atom is -0.495 e. The van der Waals surface area contributed by atoms with E-state index in [0.717, 1.165) is 43.9 Å². The van der Waals surface area contributed by atoms with Crippen LogP contribution in [0, 0.1) is 0 Å². The van der Waals surface area contributed by atoms with Crippen LogP contribution in [-0.4, -0.2) is 36.3 Å². The SMILES string of the molecule is CCCN1CCCc2cc(CN(C(=S)Nc3cc(Cl)ccc3OC)[C@@H](C)CC)ccc21. The molecule has 0 aliphatic carbocycles. The minimum absolute atomic E-state index is 0.304. The molecule has 2 aromatic carbocycles. The van der Waals surface area contributed by atoms with Crippen molar-refractivity contribution in [2.24, 2.45) is 0 Å². The van der Waals surface area contributed by atoms with Crippen LogP contribution in [0.25, 0.3) is 0 Å². The highest BCUT2D eigenvalue weighted by Crippen LogP contribution is 2.30. The average molecular weight is 460 g/mol. The Labute approximate surface area is 197 Å². The number of thiocarbonyl (C=S) groups is 1. The molecule has 0 fully saturated rings. The molecule has 3 rings (SSSR count). The van der Waals surface area contributed by atoms with Crippen molar-refractivity contribution in [1.82, 2.24) is 4.90 Å². The summed E-state index contributed by atoms with van der Waals surface area (Å²) in [6, 6.07) is 12.7. The van der Waals surface area contributed by atoms with Gasteiger partial charge in [0.2, 0.25) is 0 Å². The monoisotopic (exact) mass is 459 g/mol. The van der Waals surface area contributed by atoms with Gasteiger partial charge in [0.05, 0.1) is 12.8 Å². The Morgan fingerprint density at radius 2 is 2.06 bits per heavy atom. The van der Waals surface area contributed by atoms with Gasteiger partial charge in [-0.25, -0.2) is 0 Å². The van der Waals surface area contributed by atoms with Crippen LogP contribution in [0.2, 0.25) is 5.02 Å². The Morgan fingerprint density at radius 3 is 2.77 bits per heavy atom. The van der Waals surface area contributed by atoms with Crippen molar-refractivity contribution in [2.75, 3.05) is 30.4 Å². The third-order valence-electron chi connectivity index (χ3n) is 5.99. The Bertz CT molecular complexity index is 904. The summed E-state index contributed by atoms with van der Waals surface area (Å²) in [6.07, 6.45) is 4.55. The van der Waals surface area contributed by atoms with Crippen molar-refractivity contribution in [3.8, 4) is 5.75 Å². The average Bonchev–Trinajstić information content (AvgIpc) is 2.77. The second kappa shape index (κ2) is 11.1. The first-order valence-electron chi connectivity index (χ1n) is 11.2. The van der Waals surface area contributed by atoms with Crippen LogP contribution in [0.4, 0.5) is 11.4 Å². The van der Waals surface area contributed by atoms with Gasteiger partial charge in [-0.05, 0) is 80.2 Å². The zero-order valence-corrected chi connectivity index (χ0v) is 20.7. The number of anilines is 2. The molecule has 2 aromatic rings. The summed E-state index contributed by atoms with van der Waals surface area (Å²) in [7, 11) is 1.65. The quantitative estimate of drug-likeness (QED) is 0.454. The van der Waals surface area contributed by atoms with E-state index in [1.54, 1.807) is 7.11 Å². The Kier molecular flexibility index (Phi) is 8.44. The maximum atomic E-state index is 6.20. The van der Waals surface area contributed by atoms with E-state index >= 15 is 0 Å². The summed E-state index contributed by atoms with van der Waals surface area (Å²) in [5.41, 5.74) is 4.93. The molecule has 0 aromatic heterocycles. The van der Waals surface area contributed by atoms with Crippen molar-refractivity contribution in [1.29, 1.82) is 0 Å². The number of nitrogens with one attached hydrogen (secondary N) is 1. The molecule has 6 heteroatoms.